The summed E-state index contributed by atoms with van der Waals surface area (Å²) in [5.74, 6) is 4.91. The number of pyridine rings is 2. The summed E-state index contributed by atoms with van der Waals surface area (Å²) in [5, 5.41) is 7.96. The maximum atomic E-state index is 13.0. The van der Waals surface area contributed by atoms with Crippen LogP contribution in [0.4, 0.5) is 0 Å². The fourth-order valence-corrected chi connectivity index (χ4v) is 6.99. The number of amides is 3. The van der Waals surface area contributed by atoms with Gasteiger partial charge in [0, 0.05) is 55.3 Å². The number of aryl methyl sites for hydroxylation is 3. The van der Waals surface area contributed by atoms with Crippen molar-refractivity contribution in [3.8, 4) is 34.2 Å². The summed E-state index contributed by atoms with van der Waals surface area (Å²) in [4.78, 5) is 58.8. The number of nitrogens with zero attached hydrogens (tertiary/aromatic N) is 4. The molecular formula is C41H32N6O5. The average Bonchev–Trinajstić information content (AvgIpc) is 3.66. The molecule has 0 aliphatic carbocycles. The highest BCUT2D eigenvalue weighted by molar-refractivity contribution is 6.03. The maximum absolute atomic E-state index is 13.0. The van der Waals surface area contributed by atoms with Gasteiger partial charge in [-0.05, 0) is 77.2 Å². The molecule has 8 rings (SSSR count). The van der Waals surface area contributed by atoms with E-state index in [0.717, 1.165) is 55.1 Å². The Balaban J connectivity index is 0.968. The van der Waals surface area contributed by atoms with E-state index in [2.05, 4.69) is 27.5 Å². The number of imide groups is 1. The number of fused-ring (bicyclic) bond motifs is 3. The van der Waals surface area contributed by atoms with E-state index in [1.165, 1.54) is 0 Å². The minimum absolute atomic E-state index is 0.0685. The Labute approximate surface area is 297 Å². The Bertz CT molecular complexity index is 2760. The number of rotatable bonds is 5. The van der Waals surface area contributed by atoms with Crippen molar-refractivity contribution < 1.29 is 18.8 Å². The zero-order chi connectivity index (χ0) is 36.1. The summed E-state index contributed by atoms with van der Waals surface area (Å²) < 4.78 is 9.18. The van der Waals surface area contributed by atoms with Gasteiger partial charge in [-0.1, -0.05) is 42.3 Å². The molecule has 1 aliphatic rings. The molecule has 0 bridgehead atoms. The third-order valence-corrected chi connectivity index (χ3v) is 9.70. The summed E-state index contributed by atoms with van der Waals surface area (Å²) in [7, 11) is 3.55. The number of aromatic nitrogens is 4. The molecule has 4 aromatic heterocycles. The summed E-state index contributed by atoms with van der Waals surface area (Å²) in [6.07, 6.45) is 4.22. The van der Waals surface area contributed by atoms with Crippen molar-refractivity contribution in [1.82, 2.24) is 29.7 Å². The van der Waals surface area contributed by atoms with Crippen LogP contribution in [0.15, 0.2) is 94.4 Å². The summed E-state index contributed by atoms with van der Waals surface area (Å²) in [6.45, 7) is 1.90. The van der Waals surface area contributed by atoms with Crippen LogP contribution in [-0.2, 0) is 23.7 Å². The Kier molecular flexibility index (Phi) is 7.99. The van der Waals surface area contributed by atoms with E-state index in [4.69, 9.17) is 9.40 Å². The van der Waals surface area contributed by atoms with Crippen LogP contribution in [0.1, 0.15) is 46.1 Å². The second kappa shape index (κ2) is 12.8. The van der Waals surface area contributed by atoms with Gasteiger partial charge in [0.1, 0.15) is 11.3 Å². The molecule has 256 valence electrons. The number of imidazole rings is 1. The fraction of sp³-hybridized carbons (Fsp3) is 0.171. The van der Waals surface area contributed by atoms with Crippen LogP contribution < -0.4 is 16.3 Å². The van der Waals surface area contributed by atoms with Crippen LogP contribution in [0.25, 0.3) is 55.2 Å². The van der Waals surface area contributed by atoms with Crippen molar-refractivity contribution in [2.75, 3.05) is 6.54 Å². The number of hydrogen-bond donors (Lipinski definition) is 2. The number of carbonyl (C=O) groups excluding carboxylic acids is 3. The predicted molar refractivity (Wildman–Crippen MR) is 197 cm³/mol. The highest BCUT2D eigenvalue weighted by Gasteiger charge is 2.29. The van der Waals surface area contributed by atoms with Crippen molar-refractivity contribution in [3.05, 3.63) is 118 Å². The van der Waals surface area contributed by atoms with E-state index in [1.54, 1.807) is 41.6 Å². The van der Waals surface area contributed by atoms with Crippen molar-refractivity contribution in [2.24, 2.45) is 14.1 Å². The van der Waals surface area contributed by atoms with Gasteiger partial charge >= 0.3 is 5.69 Å². The molecule has 1 fully saturated rings. The molecule has 3 amide bonds. The highest BCUT2D eigenvalue weighted by Crippen LogP contribution is 2.34. The van der Waals surface area contributed by atoms with Crippen LogP contribution in [0.2, 0.25) is 0 Å². The molecule has 2 N–H and O–H groups in total. The third-order valence-electron chi connectivity index (χ3n) is 9.70. The summed E-state index contributed by atoms with van der Waals surface area (Å²) in [5.41, 5.74) is 7.53. The molecule has 0 unspecified atom stereocenters. The number of piperidine rings is 1. The zero-order valence-electron chi connectivity index (χ0n) is 28.6. The standard InChI is InChI=1S/C41H32N6O5/c1-23-17-26(33-18-24-7-4-9-28(32(24)22-43-33)25-12-14-34-35(19-25)47(3)41(51)46(34)2)21-44-38(23)40(50)42-16-6-8-27-20-31-29(10-5-11-36(31)52-27)30-13-15-37(48)45-39(30)49/h4-5,7,9-12,14,17-22,30H,13,15-16H2,1-3H3,(H,42,50)(H,45,48,49)/t30-/m0/s1. The van der Waals surface area contributed by atoms with E-state index in [9.17, 15) is 19.2 Å². The van der Waals surface area contributed by atoms with Crippen molar-refractivity contribution >= 4 is 50.5 Å². The number of carbonyl (C=O) groups is 3. The van der Waals surface area contributed by atoms with Crippen LogP contribution in [-0.4, -0.2) is 43.4 Å². The summed E-state index contributed by atoms with van der Waals surface area (Å²) in [6, 6.07) is 23.3. The van der Waals surface area contributed by atoms with E-state index in [0.29, 0.717) is 23.3 Å². The lowest BCUT2D eigenvalue weighted by atomic mass is 9.88. The van der Waals surface area contributed by atoms with E-state index in [1.807, 2.05) is 73.8 Å². The Hall–Kier alpha value is -6.80. The van der Waals surface area contributed by atoms with Crippen molar-refractivity contribution in [1.29, 1.82) is 0 Å². The molecule has 1 saturated heterocycles. The molecule has 11 heteroatoms. The molecule has 1 aliphatic heterocycles. The SMILES string of the molecule is Cc1cc(-c2cc3cccc(-c4ccc5c(c4)n(C)c(=O)n5C)c3cn2)cnc1C(=O)NCC#Cc1cc2c([C@@H]3CCC(=O)NC3=O)cccc2o1. The van der Waals surface area contributed by atoms with Gasteiger partial charge in [-0.3, -0.25) is 38.8 Å². The Morgan fingerprint density at radius 3 is 2.58 bits per heavy atom. The smallest absolute Gasteiger partial charge is 0.328 e. The molecule has 0 saturated carbocycles. The second-order valence-corrected chi connectivity index (χ2v) is 12.9. The molecule has 0 spiro atoms. The van der Waals surface area contributed by atoms with E-state index < -0.39 is 5.92 Å². The van der Waals surface area contributed by atoms with Gasteiger partial charge in [-0.25, -0.2) is 4.79 Å². The average molecular weight is 689 g/mol. The number of hydrogen-bond acceptors (Lipinski definition) is 7. The van der Waals surface area contributed by atoms with Crippen LogP contribution in [0.5, 0.6) is 0 Å². The number of nitrogens with one attached hydrogen (secondary N) is 2. The van der Waals surface area contributed by atoms with E-state index in [-0.39, 0.29) is 42.1 Å². The first kappa shape index (κ1) is 32.4. The monoisotopic (exact) mass is 688 g/mol. The molecular weight excluding hydrogens is 656 g/mol. The first-order valence-corrected chi connectivity index (χ1v) is 16.8. The van der Waals surface area contributed by atoms with Gasteiger partial charge in [-0.15, -0.1) is 0 Å². The normalized spacial score (nSPS) is 14.4. The van der Waals surface area contributed by atoms with Gasteiger partial charge in [0.05, 0.1) is 29.2 Å². The van der Waals surface area contributed by atoms with Gasteiger partial charge in [0.2, 0.25) is 11.8 Å². The largest absolute Gasteiger partial charge is 0.448 e. The topological polar surface area (TPSA) is 141 Å². The number of benzene rings is 3. The van der Waals surface area contributed by atoms with Crippen molar-refractivity contribution in [3.63, 3.8) is 0 Å². The summed E-state index contributed by atoms with van der Waals surface area (Å²) >= 11 is 0. The van der Waals surface area contributed by atoms with E-state index >= 15 is 0 Å². The molecule has 7 aromatic rings. The molecule has 52 heavy (non-hydrogen) atoms. The first-order valence-electron chi connectivity index (χ1n) is 16.8. The lowest BCUT2D eigenvalue weighted by Gasteiger charge is -2.21. The Morgan fingerprint density at radius 1 is 0.923 bits per heavy atom. The van der Waals surface area contributed by atoms with Gasteiger partial charge < -0.3 is 9.73 Å². The van der Waals surface area contributed by atoms with Gasteiger partial charge in [0.15, 0.2) is 5.76 Å². The quantitative estimate of drug-likeness (QED) is 0.180. The lowest BCUT2D eigenvalue weighted by Crippen LogP contribution is -2.39. The molecule has 3 aromatic carbocycles. The van der Waals surface area contributed by atoms with Gasteiger partial charge in [-0.2, -0.15) is 0 Å². The van der Waals surface area contributed by atoms with Crippen LogP contribution in [0.3, 0.4) is 0 Å². The number of furan rings is 1. The molecule has 0 radical (unpaired) electrons. The van der Waals surface area contributed by atoms with Crippen molar-refractivity contribution in [2.45, 2.75) is 25.7 Å². The van der Waals surface area contributed by atoms with Gasteiger partial charge in [0.25, 0.3) is 5.91 Å². The molecule has 1 atom stereocenters. The second-order valence-electron chi connectivity index (χ2n) is 12.9. The Morgan fingerprint density at radius 2 is 1.75 bits per heavy atom. The molecule has 5 heterocycles. The van der Waals surface area contributed by atoms with Crippen LogP contribution >= 0.6 is 0 Å². The highest BCUT2D eigenvalue weighted by atomic mass is 16.3. The first-order chi connectivity index (χ1) is 25.2. The minimum Gasteiger partial charge on any atom is -0.448 e. The lowest BCUT2D eigenvalue weighted by molar-refractivity contribution is -0.134. The predicted octanol–water partition coefficient (Wildman–Crippen LogP) is 5.51. The maximum Gasteiger partial charge on any atom is 0.328 e. The third kappa shape index (κ3) is 5.70. The molecule has 11 nitrogen and oxygen atoms in total. The minimum atomic E-state index is -0.438. The fourth-order valence-electron chi connectivity index (χ4n) is 6.99. The zero-order valence-corrected chi connectivity index (χ0v) is 28.6. The van der Waals surface area contributed by atoms with Crippen LogP contribution in [0, 0.1) is 18.8 Å².